The molecule has 4 nitrogen and oxygen atoms in total. The molecule has 1 heterocycles. The van der Waals surface area contributed by atoms with Crippen LogP contribution in [0.25, 0.3) is 0 Å². The zero-order valence-corrected chi connectivity index (χ0v) is 12.0. The zero-order chi connectivity index (χ0) is 14.1. The maximum Gasteiger partial charge on any atom is 0.339 e. The van der Waals surface area contributed by atoms with E-state index in [1.807, 2.05) is 12.2 Å². The van der Waals surface area contributed by atoms with E-state index in [1.54, 1.807) is 0 Å². The number of hydrogen-bond donors (Lipinski definition) is 2. The quantitative estimate of drug-likeness (QED) is 0.840. The molecule has 1 aromatic heterocycles. The Hall–Kier alpha value is -1.62. The highest BCUT2D eigenvalue weighted by molar-refractivity contribution is 7.17. The summed E-state index contributed by atoms with van der Waals surface area (Å²) >= 11 is 1.44. The summed E-state index contributed by atoms with van der Waals surface area (Å²) in [7, 11) is 0. The molecule has 3 rings (SSSR count). The lowest BCUT2D eigenvalue weighted by molar-refractivity contribution is -0.119. The van der Waals surface area contributed by atoms with Gasteiger partial charge in [-0.15, -0.1) is 11.3 Å². The van der Waals surface area contributed by atoms with E-state index < -0.39 is 5.97 Å². The Morgan fingerprint density at radius 3 is 2.60 bits per heavy atom. The molecular weight excluding hydrogens is 274 g/mol. The van der Waals surface area contributed by atoms with Crippen molar-refractivity contribution < 1.29 is 14.7 Å². The number of aromatic carboxylic acids is 1. The lowest BCUT2D eigenvalue weighted by Gasteiger charge is -2.11. The second-order valence-corrected chi connectivity index (χ2v) is 6.45. The number of hydrogen-bond acceptors (Lipinski definition) is 3. The number of amides is 1. The fourth-order valence-corrected chi connectivity index (χ4v) is 4.21. The van der Waals surface area contributed by atoms with Gasteiger partial charge < -0.3 is 10.4 Å². The molecule has 0 aromatic carbocycles. The molecule has 0 atom stereocenters. The fourth-order valence-electron chi connectivity index (χ4n) is 2.93. The van der Waals surface area contributed by atoms with Crippen LogP contribution >= 0.6 is 11.3 Å². The van der Waals surface area contributed by atoms with Crippen LogP contribution in [0.1, 0.15) is 46.5 Å². The summed E-state index contributed by atoms with van der Waals surface area (Å²) in [5, 5.41) is 12.8. The Morgan fingerprint density at radius 1 is 1.20 bits per heavy atom. The molecule has 0 radical (unpaired) electrons. The first-order chi connectivity index (χ1) is 9.66. The minimum Gasteiger partial charge on any atom is -0.478 e. The molecule has 5 heteroatoms. The number of rotatable bonds is 3. The second-order valence-electron chi connectivity index (χ2n) is 5.35. The van der Waals surface area contributed by atoms with E-state index in [0.717, 1.165) is 49.0 Å². The number of carbonyl (C=O) groups is 2. The maximum atomic E-state index is 12.2. The molecular formula is C15H17NO3S. The van der Waals surface area contributed by atoms with Gasteiger partial charge >= 0.3 is 5.97 Å². The van der Waals surface area contributed by atoms with Crippen LogP contribution in [0.3, 0.4) is 0 Å². The summed E-state index contributed by atoms with van der Waals surface area (Å²) in [4.78, 5) is 24.8. The smallest absolute Gasteiger partial charge is 0.339 e. The number of aryl methyl sites for hydroxylation is 1. The van der Waals surface area contributed by atoms with Crippen LogP contribution in [0.4, 0.5) is 5.00 Å². The molecule has 0 aliphatic heterocycles. The topological polar surface area (TPSA) is 66.4 Å². The minimum absolute atomic E-state index is 0.0456. The van der Waals surface area contributed by atoms with Gasteiger partial charge in [0.05, 0.1) is 5.56 Å². The van der Waals surface area contributed by atoms with E-state index in [1.165, 1.54) is 11.3 Å². The van der Waals surface area contributed by atoms with Gasteiger partial charge in [0.2, 0.25) is 5.91 Å². The summed E-state index contributed by atoms with van der Waals surface area (Å²) < 4.78 is 0. The third-order valence-electron chi connectivity index (χ3n) is 4.00. The van der Waals surface area contributed by atoms with Gasteiger partial charge in [-0.2, -0.15) is 0 Å². The normalized spacial score (nSPS) is 18.0. The number of carboxylic acid groups (broad SMARTS) is 1. The lowest BCUT2D eigenvalue weighted by atomic mass is 9.95. The van der Waals surface area contributed by atoms with E-state index in [-0.39, 0.29) is 11.8 Å². The molecule has 2 N–H and O–H groups in total. The SMILES string of the molecule is O=C(O)c1c(NC(=O)C2CC=CC2)sc2c1CCCC2. The van der Waals surface area contributed by atoms with Crippen molar-refractivity contribution >= 4 is 28.2 Å². The molecule has 1 aromatic rings. The van der Waals surface area contributed by atoms with Crippen LogP contribution in [0.5, 0.6) is 0 Å². The second kappa shape index (κ2) is 5.40. The van der Waals surface area contributed by atoms with Gasteiger partial charge in [0.25, 0.3) is 0 Å². The molecule has 0 saturated carbocycles. The van der Waals surface area contributed by atoms with E-state index in [2.05, 4.69) is 5.32 Å². The van der Waals surface area contributed by atoms with Crippen LogP contribution in [0.15, 0.2) is 12.2 Å². The molecule has 20 heavy (non-hydrogen) atoms. The summed E-state index contributed by atoms with van der Waals surface area (Å²) in [5.41, 5.74) is 1.26. The lowest BCUT2D eigenvalue weighted by Crippen LogP contribution is -2.21. The van der Waals surface area contributed by atoms with Crippen molar-refractivity contribution in [3.05, 3.63) is 28.2 Å². The van der Waals surface area contributed by atoms with Gasteiger partial charge in [-0.3, -0.25) is 4.79 Å². The van der Waals surface area contributed by atoms with Gasteiger partial charge in [0.1, 0.15) is 5.00 Å². The summed E-state index contributed by atoms with van der Waals surface area (Å²) in [6, 6.07) is 0. The van der Waals surface area contributed by atoms with Gasteiger partial charge in [-0.25, -0.2) is 4.79 Å². The Labute approximate surface area is 121 Å². The number of fused-ring (bicyclic) bond motifs is 1. The molecule has 0 fully saturated rings. The Morgan fingerprint density at radius 2 is 1.90 bits per heavy atom. The van der Waals surface area contributed by atoms with Gasteiger partial charge in [0.15, 0.2) is 0 Å². The Bertz CT molecular complexity index is 580. The number of anilines is 1. The van der Waals surface area contributed by atoms with E-state index in [0.29, 0.717) is 10.6 Å². The van der Waals surface area contributed by atoms with Crippen LogP contribution in [-0.4, -0.2) is 17.0 Å². The van der Waals surface area contributed by atoms with Gasteiger partial charge in [-0.1, -0.05) is 12.2 Å². The number of nitrogens with one attached hydrogen (secondary N) is 1. The zero-order valence-electron chi connectivity index (χ0n) is 11.1. The molecule has 0 saturated heterocycles. The number of carbonyl (C=O) groups excluding carboxylic acids is 1. The van der Waals surface area contributed by atoms with Crippen LogP contribution in [0.2, 0.25) is 0 Å². The molecule has 0 spiro atoms. The monoisotopic (exact) mass is 291 g/mol. The van der Waals surface area contributed by atoms with Crippen molar-refractivity contribution in [1.29, 1.82) is 0 Å². The highest BCUT2D eigenvalue weighted by Crippen LogP contribution is 2.38. The summed E-state index contributed by atoms with van der Waals surface area (Å²) in [6.07, 6.45) is 9.38. The molecule has 0 unspecified atom stereocenters. The first-order valence-electron chi connectivity index (χ1n) is 7.00. The fraction of sp³-hybridized carbons (Fsp3) is 0.467. The van der Waals surface area contributed by atoms with Crippen molar-refractivity contribution in [2.45, 2.75) is 38.5 Å². The molecule has 106 valence electrons. The number of thiophene rings is 1. The largest absolute Gasteiger partial charge is 0.478 e. The maximum absolute atomic E-state index is 12.2. The minimum atomic E-state index is -0.927. The Balaban J connectivity index is 1.86. The predicted octanol–water partition coefficient (Wildman–Crippen LogP) is 3.23. The van der Waals surface area contributed by atoms with E-state index in [4.69, 9.17) is 0 Å². The van der Waals surface area contributed by atoms with Gasteiger partial charge in [0, 0.05) is 10.8 Å². The predicted molar refractivity (Wildman–Crippen MR) is 78.4 cm³/mol. The average Bonchev–Trinajstić information content (AvgIpc) is 3.05. The highest BCUT2D eigenvalue weighted by Gasteiger charge is 2.27. The Kier molecular flexibility index (Phi) is 3.61. The first kappa shape index (κ1) is 13.4. The number of allylic oxidation sites excluding steroid dienone is 2. The van der Waals surface area contributed by atoms with Crippen molar-refractivity contribution in [1.82, 2.24) is 0 Å². The summed E-state index contributed by atoms with van der Waals surface area (Å²) in [6.45, 7) is 0. The van der Waals surface area contributed by atoms with E-state index in [9.17, 15) is 14.7 Å². The van der Waals surface area contributed by atoms with Gasteiger partial charge in [-0.05, 0) is 44.1 Å². The molecule has 2 aliphatic rings. The highest BCUT2D eigenvalue weighted by atomic mass is 32.1. The van der Waals surface area contributed by atoms with Crippen LogP contribution in [-0.2, 0) is 17.6 Å². The van der Waals surface area contributed by atoms with Crippen LogP contribution < -0.4 is 5.32 Å². The molecule has 2 aliphatic carbocycles. The van der Waals surface area contributed by atoms with Crippen molar-refractivity contribution in [2.75, 3.05) is 5.32 Å². The standard InChI is InChI=1S/C15H17NO3S/c17-13(9-5-1-2-6-9)16-14-12(15(18)19)10-7-3-4-8-11(10)20-14/h1-2,9H,3-8H2,(H,16,17)(H,18,19). The van der Waals surface area contributed by atoms with Crippen molar-refractivity contribution in [2.24, 2.45) is 5.92 Å². The number of carboxylic acids is 1. The first-order valence-corrected chi connectivity index (χ1v) is 7.82. The third kappa shape index (κ3) is 2.38. The summed E-state index contributed by atoms with van der Waals surface area (Å²) in [5.74, 6) is -1.03. The average molecular weight is 291 g/mol. The molecule has 0 bridgehead atoms. The van der Waals surface area contributed by atoms with Crippen LogP contribution in [0, 0.1) is 5.92 Å². The van der Waals surface area contributed by atoms with Crippen molar-refractivity contribution in [3.8, 4) is 0 Å². The van der Waals surface area contributed by atoms with E-state index >= 15 is 0 Å². The molecule has 1 amide bonds. The third-order valence-corrected chi connectivity index (χ3v) is 5.21. The van der Waals surface area contributed by atoms with Crippen molar-refractivity contribution in [3.63, 3.8) is 0 Å².